The summed E-state index contributed by atoms with van der Waals surface area (Å²) in [5, 5.41) is 7.69. The average molecular weight is 299 g/mol. The summed E-state index contributed by atoms with van der Waals surface area (Å²) < 4.78 is 1.80. The van der Waals surface area contributed by atoms with Gasteiger partial charge in [0.15, 0.2) is 0 Å². The topological polar surface area (TPSA) is 46.9 Å². The zero-order valence-electron chi connectivity index (χ0n) is 14.3. The highest BCUT2D eigenvalue weighted by molar-refractivity contribution is 5.94. The summed E-state index contributed by atoms with van der Waals surface area (Å²) in [6, 6.07) is 11.8. The molecule has 0 aliphatic carbocycles. The Bertz CT molecular complexity index is 658. The van der Waals surface area contributed by atoms with Crippen molar-refractivity contribution in [3.63, 3.8) is 0 Å². The van der Waals surface area contributed by atoms with Gasteiger partial charge < -0.3 is 5.32 Å². The van der Waals surface area contributed by atoms with Crippen LogP contribution in [0.1, 0.15) is 47.2 Å². The Hall–Kier alpha value is -2.10. The number of hydrogen-bond donors (Lipinski definition) is 1. The Morgan fingerprint density at radius 2 is 1.64 bits per heavy atom. The molecular formula is C18H25N3O. The van der Waals surface area contributed by atoms with Crippen LogP contribution in [-0.2, 0) is 10.2 Å². The standard InChI is InChI=1S/C18H25N3O/c1-17(2,3)14-12-15(19-16(22)18(4,5)6)21(20-14)13-10-8-7-9-11-13/h7-12H,1-6H3,(H,19,22). The summed E-state index contributed by atoms with van der Waals surface area (Å²) in [5.74, 6) is 0.682. The lowest BCUT2D eigenvalue weighted by Crippen LogP contribution is -2.28. The summed E-state index contributed by atoms with van der Waals surface area (Å²) in [6.07, 6.45) is 0. The third-order valence-corrected chi connectivity index (χ3v) is 3.40. The highest BCUT2D eigenvalue weighted by Crippen LogP contribution is 2.27. The number of hydrogen-bond acceptors (Lipinski definition) is 2. The second kappa shape index (κ2) is 5.59. The van der Waals surface area contributed by atoms with Crippen LogP contribution in [0.3, 0.4) is 0 Å². The Kier molecular flexibility index (Phi) is 4.14. The molecule has 0 aliphatic rings. The van der Waals surface area contributed by atoms with Gasteiger partial charge in [0.1, 0.15) is 5.82 Å². The van der Waals surface area contributed by atoms with Gasteiger partial charge in [-0.3, -0.25) is 4.79 Å². The van der Waals surface area contributed by atoms with Crippen molar-refractivity contribution in [3.8, 4) is 5.69 Å². The van der Waals surface area contributed by atoms with Crippen LogP contribution in [0.4, 0.5) is 5.82 Å². The SMILES string of the molecule is CC(C)(C)C(=O)Nc1cc(C(C)(C)C)nn1-c1ccccc1. The molecule has 4 nitrogen and oxygen atoms in total. The maximum Gasteiger partial charge on any atom is 0.230 e. The van der Waals surface area contributed by atoms with Gasteiger partial charge >= 0.3 is 0 Å². The number of carbonyl (C=O) groups excluding carboxylic acids is 1. The van der Waals surface area contributed by atoms with Crippen LogP contribution in [-0.4, -0.2) is 15.7 Å². The lowest BCUT2D eigenvalue weighted by molar-refractivity contribution is -0.123. The number of anilines is 1. The molecule has 1 aromatic heterocycles. The number of para-hydroxylation sites is 1. The molecule has 118 valence electrons. The second-order valence-corrected chi connectivity index (χ2v) is 7.62. The fourth-order valence-corrected chi connectivity index (χ4v) is 1.91. The van der Waals surface area contributed by atoms with Crippen LogP contribution in [0.15, 0.2) is 36.4 Å². The van der Waals surface area contributed by atoms with E-state index in [2.05, 4.69) is 31.2 Å². The molecule has 0 aliphatic heterocycles. The number of nitrogens with one attached hydrogen (secondary N) is 1. The maximum absolute atomic E-state index is 12.3. The third kappa shape index (κ3) is 3.56. The summed E-state index contributed by atoms with van der Waals surface area (Å²) in [5.41, 5.74) is 1.34. The first-order valence-electron chi connectivity index (χ1n) is 7.56. The molecule has 1 heterocycles. The molecule has 0 saturated carbocycles. The van der Waals surface area contributed by atoms with Crippen LogP contribution >= 0.6 is 0 Å². The van der Waals surface area contributed by atoms with Gasteiger partial charge in [0.25, 0.3) is 0 Å². The number of aromatic nitrogens is 2. The fourth-order valence-electron chi connectivity index (χ4n) is 1.91. The molecule has 0 atom stereocenters. The van der Waals surface area contributed by atoms with Gasteiger partial charge in [0.2, 0.25) is 5.91 Å². The number of benzene rings is 1. The Morgan fingerprint density at radius 3 is 2.14 bits per heavy atom. The fraction of sp³-hybridized carbons (Fsp3) is 0.444. The predicted molar refractivity (Wildman–Crippen MR) is 90.3 cm³/mol. The van der Waals surface area contributed by atoms with Crippen molar-refractivity contribution in [2.45, 2.75) is 47.0 Å². The summed E-state index contributed by atoms with van der Waals surface area (Å²) in [4.78, 5) is 12.3. The first-order valence-corrected chi connectivity index (χ1v) is 7.56. The molecule has 2 aromatic rings. The minimum absolute atomic E-state index is 0.0231. The summed E-state index contributed by atoms with van der Waals surface area (Å²) in [6.45, 7) is 12.0. The lowest BCUT2D eigenvalue weighted by Gasteiger charge is -2.18. The Morgan fingerprint density at radius 1 is 1.05 bits per heavy atom. The van der Waals surface area contributed by atoms with Crippen LogP contribution in [0.2, 0.25) is 0 Å². The van der Waals surface area contributed by atoms with Gasteiger partial charge in [-0.25, -0.2) is 4.68 Å². The van der Waals surface area contributed by atoms with Crippen LogP contribution in [0.5, 0.6) is 0 Å². The van der Waals surface area contributed by atoms with Crippen molar-refractivity contribution in [1.82, 2.24) is 9.78 Å². The van der Waals surface area contributed by atoms with Gasteiger partial charge in [-0.1, -0.05) is 59.7 Å². The van der Waals surface area contributed by atoms with Gasteiger partial charge in [-0.05, 0) is 12.1 Å². The van der Waals surface area contributed by atoms with Crippen LogP contribution < -0.4 is 5.32 Å². The van der Waals surface area contributed by atoms with E-state index >= 15 is 0 Å². The molecule has 0 fully saturated rings. The monoisotopic (exact) mass is 299 g/mol. The van der Waals surface area contributed by atoms with E-state index in [1.54, 1.807) is 4.68 Å². The van der Waals surface area contributed by atoms with E-state index in [4.69, 9.17) is 0 Å². The average Bonchev–Trinajstić information content (AvgIpc) is 2.82. The molecule has 22 heavy (non-hydrogen) atoms. The lowest BCUT2D eigenvalue weighted by atomic mass is 9.92. The number of carbonyl (C=O) groups is 1. The van der Waals surface area contributed by atoms with Crippen molar-refractivity contribution in [2.75, 3.05) is 5.32 Å². The first-order chi connectivity index (χ1) is 10.1. The van der Waals surface area contributed by atoms with E-state index < -0.39 is 5.41 Å². The molecule has 0 spiro atoms. The molecule has 2 rings (SSSR count). The molecule has 1 amide bonds. The van der Waals surface area contributed by atoms with Crippen molar-refractivity contribution >= 4 is 11.7 Å². The molecule has 1 aromatic carbocycles. The minimum atomic E-state index is -0.451. The quantitative estimate of drug-likeness (QED) is 0.905. The Balaban J connectivity index is 2.47. The molecule has 1 N–H and O–H groups in total. The molecule has 0 unspecified atom stereocenters. The number of rotatable bonds is 2. The van der Waals surface area contributed by atoms with Gasteiger partial charge in [0.05, 0.1) is 11.4 Å². The van der Waals surface area contributed by atoms with Crippen molar-refractivity contribution in [1.29, 1.82) is 0 Å². The normalized spacial score (nSPS) is 12.3. The van der Waals surface area contributed by atoms with Crippen LogP contribution in [0.25, 0.3) is 5.69 Å². The molecular weight excluding hydrogens is 274 g/mol. The molecule has 0 saturated heterocycles. The Labute approximate surface area is 132 Å². The minimum Gasteiger partial charge on any atom is -0.310 e. The van der Waals surface area contributed by atoms with E-state index in [0.29, 0.717) is 5.82 Å². The van der Waals surface area contributed by atoms with Crippen molar-refractivity contribution in [3.05, 3.63) is 42.1 Å². The largest absolute Gasteiger partial charge is 0.310 e. The summed E-state index contributed by atoms with van der Waals surface area (Å²) in [7, 11) is 0. The zero-order chi connectivity index (χ0) is 16.5. The van der Waals surface area contributed by atoms with E-state index in [-0.39, 0.29) is 11.3 Å². The highest BCUT2D eigenvalue weighted by Gasteiger charge is 2.25. The second-order valence-electron chi connectivity index (χ2n) is 7.62. The predicted octanol–water partition coefficient (Wildman–Crippen LogP) is 4.15. The number of amides is 1. The van der Waals surface area contributed by atoms with Crippen molar-refractivity contribution in [2.24, 2.45) is 5.41 Å². The van der Waals surface area contributed by atoms with Gasteiger partial charge in [0, 0.05) is 16.9 Å². The molecule has 4 heteroatoms. The van der Waals surface area contributed by atoms with E-state index in [9.17, 15) is 4.79 Å². The van der Waals surface area contributed by atoms with E-state index in [1.165, 1.54) is 0 Å². The van der Waals surface area contributed by atoms with Gasteiger partial charge in [-0.2, -0.15) is 5.10 Å². The third-order valence-electron chi connectivity index (χ3n) is 3.40. The highest BCUT2D eigenvalue weighted by atomic mass is 16.2. The summed E-state index contributed by atoms with van der Waals surface area (Å²) >= 11 is 0. The van der Waals surface area contributed by atoms with Crippen LogP contribution in [0, 0.1) is 5.41 Å². The smallest absolute Gasteiger partial charge is 0.230 e. The van der Waals surface area contributed by atoms with E-state index in [0.717, 1.165) is 11.4 Å². The zero-order valence-corrected chi connectivity index (χ0v) is 14.3. The maximum atomic E-state index is 12.3. The number of nitrogens with zero attached hydrogens (tertiary/aromatic N) is 2. The molecule has 0 bridgehead atoms. The first kappa shape index (κ1) is 16.3. The molecule has 0 radical (unpaired) electrons. The van der Waals surface area contributed by atoms with E-state index in [1.807, 2.05) is 57.2 Å². The van der Waals surface area contributed by atoms with Crippen molar-refractivity contribution < 1.29 is 4.79 Å². The van der Waals surface area contributed by atoms with Gasteiger partial charge in [-0.15, -0.1) is 0 Å².